The zero-order valence-electron chi connectivity index (χ0n) is 12.3. The van der Waals surface area contributed by atoms with Crippen LogP contribution < -0.4 is 4.72 Å². The van der Waals surface area contributed by atoms with E-state index in [1.54, 1.807) is 11.3 Å². The lowest BCUT2D eigenvalue weighted by Gasteiger charge is -2.15. The molecule has 0 saturated carbocycles. The van der Waals surface area contributed by atoms with Crippen LogP contribution in [-0.4, -0.2) is 43.2 Å². The van der Waals surface area contributed by atoms with Crippen LogP contribution in [0.1, 0.15) is 43.0 Å². The molecule has 1 aromatic heterocycles. The van der Waals surface area contributed by atoms with Crippen molar-refractivity contribution < 1.29 is 8.42 Å². The molecule has 1 unspecified atom stereocenters. The average Bonchev–Trinajstić information content (AvgIpc) is 2.98. The maximum atomic E-state index is 12.0. The third kappa shape index (κ3) is 3.78. The molecule has 1 saturated heterocycles. The molecular weight excluding hydrogens is 294 g/mol. The second-order valence-corrected chi connectivity index (χ2v) is 8.70. The van der Waals surface area contributed by atoms with Crippen molar-refractivity contribution in [2.75, 3.05) is 19.6 Å². The van der Waals surface area contributed by atoms with Gasteiger partial charge >= 0.3 is 0 Å². The van der Waals surface area contributed by atoms with E-state index < -0.39 is 10.0 Å². The molecule has 114 valence electrons. The van der Waals surface area contributed by atoms with Crippen LogP contribution in [0.2, 0.25) is 0 Å². The van der Waals surface area contributed by atoms with E-state index in [9.17, 15) is 8.42 Å². The van der Waals surface area contributed by atoms with Crippen molar-refractivity contribution in [3.05, 3.63) is 16.1 Å². The molecule has 1 N–H and O–H groups in total. The monoisotopic (exact) mass is 317 g/mol. The van der Waals surface area contributed by atoms with Gasteiger partial charge in [-0.25, -0.2) is 18.1 Å². The van der Waals surface area contributed by atoms with Gasteiger partial charge < -0.3 is 0 Å². The van der Waals surface area contributed by atoms with Gasteiger partial charge in [0.15, 0.2) is 0 Å². The molecule has 0 radical (unpaired) electrons. The van der Waals surface area contributed by atoms with Gasteiger partial charge in [-0.2, -0.15) is 0 Å². The third-order valence-electron chi connectivity index (χ3n) is 3.46. The number of hydrogen-bond donors (Lipinski definition) is 1. The Kier molecular flexibility index (Phi) is 5.17. The number of likely N-dealkylation sites (tertiary alicyclic amines) is 1. The van der Waals surface area contributed by atoms with Crippen molar-refractivity contribution in [3.63, 3.8) is 0 Å². The van der Waals surface area contributed by atoms with Crippen molar-refractivity contribution in [1.82, 2.24) is 14.6 Å². The summed E-state index contributed by atoms with van der Waals surface area (Å²) in [4.78, 5) is 7.84. The summed E-state index contributed by atoms with van der Waals surface area (Å²) >= 11 is 1.73. The van der Waals surface area contributed by atoms with Crippen molar-refractivity contribution in [3.8, 4) is 0 Å². The smallest absolute Gasteiger partial charge is 0.215 e. The summed E-state index contributed by atoms with van der Waals surface area (Å²) in [6, 6.07) is 0. The first-order valence-corrected chi connectivity index (χ1v) is 9.44. The van der Waals surface area contributed by atoms with Crippen molar-refractivity contribution in [1.29, 1.82) is 0 Å². The first-order chi connectivity index (χ1) is 9.42. The van der Waals surface area contributed by atoms with Gasteiger partial charge in [-0.3, -0.25) is 4.90 Å². The van der Waals surface area contributed by atoms with Crippen LogP contribution in [0.4, 0.5) is 0 Å². The number of nitrogens with one attached hydrogen (secondary N) is 1. The van der Waals surface area contributed by atoms with Gasteiger partial charge in [0.05, 0.1) is 10.3 Å². The predicted octanol–water partition coefficient (Wildman–Crippen LogP) is 1.78. The molecule has 2 rings (SSSR count). The quantitative estimate of drug-likeness (QED) is 0.869. The predicted molar refractivity (Wildman–Crippen MR) is 82.5 cm³/mol. The summed E-state index contributed by atoms with van der Waals surface area (Å²) in [7, 11) is -3.15. The maximum absolute atomic E-state index is 12.0. The summed E-state index contributed by atoms with van der Waals surface area (Å²) in [6.45, 7) is 8.81. The molecule has 5 nitrogen and oxygen atoms in total. The van der Waals surface area contributed by atoms with E-state index in [1.807, 2.05) is 13.1 Å². The number of thiazole rings is 1. The van der Waals surface area contributed by atoms with Crippen molar-refractivity contribution in [2.45, 2.75) is 44.9 Å². The largest absolute Gasteiger partial charge is 0.297 e. The fraction of sp³-hybridized carbons (Fsp3) is 0.769. The number of sulfonamides is 1. The Bertz CT molecular complexity index is 540. The summed E-state index contributed by atoms with van der Waals surface area (Å²) in [5.74, 6) is 0.453. The second-order valence-electron chi connectivity index (χ2n) is 5.51. The molecule has 0 bridgehead atoms. The van der Waals surface area contributed by atoms with E-state index in [-0.39, 0.29) is 5.25 Å². The topological polar surface area (TPSA) is 62.3 Å². The lowest BCUT2D eigenvalue weighted by molar-refractivity contribution is 0.334. The zero-order valence-corrected chi connectivity index (χ0v) is 13.9. The Balaban J connectivity index is 1.93. The number of rotatable bonds is 6. The van der Waals surface area contributed by atoms with Crippen LogP contribution in [0.3, 0.4) is 0 Å². The normalized spacial score (nSPS) is 20.9. The summed E-state index contributed by atoms with van der Waals surface area (Å²) in [6.07, 6.45) is 2.64. The van der Waals surface area contributed by atoms with E-state index in [2.05, 4.69) is 28.5 Å². The summed E-state index contributed by atoms with van der Waals surface area (Å²) < 4.78 is 26.6. The second kappa shape index (κ2) is 6.51. The lowest BCUT2D eigenvalue weighted by atomic mass is 10.2. The molecule has 1 fully saturated rings. The van der Waals surface area contributed by atoms with Crippen LogP contribution >= 0.6 is 11.3 Å². The minimum absolute atomic E-state index is 0.278. The van der Waals surface area contributed by atoms with Gasteiger partial charge in [0.25, 0.3) is 0 Å². The van der Waals surface area contributed by atoms with Crippen LogP contribution in [-0.2, 0) is 16.6 Å². The molecule has 0 aromatic carbocycles. The van der Waals surface area contributed by atoms with Gasteiger partial charge in [-0.15, -0.1) is 11.3 Å². The maximum Gasteiger partial charge on any atom is 0.215 e. The molecular formula is C13H23N3O2S2. The van der Waals surface area contributed by atoms with E-state index in [0.717, 1.165) is 18.1 Å². The van der Waals surface area contributed by atoms with Crippen LogP contribution in [0.15, 0.2) is 6.20 Å². The zero-order chi connectivity index (χ0) is 14.8. The van der Waals surface area contributed by atoms with Crippen molar-refractivity contribution in [2.24, 2.45) is 0 Å². The molecule has 0 spiro atoms. The van der Waals surface area contributed by atoms with E-state index >= 15 is 0 Å². The molecule has 1 aliphatic heterocycles. The average molecular weight is 317 g/mol. The molecule has 0 amide bonds. The Hall–Kier alpha value is -0.500. The lowest BCUT2D eigenvalue weighted by Crippen LogP contribution is -2.36. The number of nitrogens with zero attached hydrogens (tertiary/aromatic N) is 2. The number of hydrogen-bond acceptors (Lipinski definition) is 5. The minimum atomic E-state index is -3.15. The molecule has 7 heteroatoms. The first-order valence-electron chi connectivity index (χ1n) is 7.07. The SMILES string of the molecule is CCNS(=O)(=O)C1CCN(Cc2cnc(C(C)C)s2)C1. The van der Waals surface area contributed by atoms with Gasteiger partial charge in [-0.1, -0.05) is 20.8 Å². The van der Waals surface area contributed by atoms with Crippen molar-refractivity contribution >= 4 is 21.4 Å². The number of aromatic nitrogens is 1. The Morgan fingerprint density at radius 1 is 1.55 bits per heavy atom. The Morgan fingerprint density at radius 3 is 2.90 bits per heavy atom. The summed E-state index contributed by atoms with van der Waals surface area (Å²) in [5.41, 5.74) is 0. The molecule has 1 atom stereocenters. The molecule has 1 aliphatic rings. The van der Waals surface area contributed by atoms with Crippen LogP contribution in [0.5, 0.6) is 0 Å². The first kappa shape index (κ1) is 15.9. The Morgan fingerprint density at radius 2 is 2.30 bits per heavy atom. The molecule has 1 aromatic rings. The fourth-order valence-corrected chi connectivity index (χ4v) is 4.82. The minimum Gasteiger partial charge on any atom is -0.297 e. The highest BCUT2D eigenvalue weighted by Crippen LogP contribution is 2.24. The van der Waals surface area contributed by atoms with Gasteiger partial charge in [0.1, 0.15) is 0 Å². The summed E-state index contributed by atoms with van der Waals surface area (Å²) in [5, 5.41) is 0.871. The third-order valence-corrected chi connectivity index (χ3v) is 6.69. The fourth-order valence-electron chi connectivity index (χ4n) is 2.40. The van der Waals surface area contributed by atoms with E-state index in [4.69, 9.17) is 0 Å². The van der Waals surface area contributed by atoms with Gasteiger partial charge in [-0.05, 0) is 13.0 Å². The van der Waals surface area contributed by atoms with Gasteiger partial charge in [0, 0.05) is 36.6 Å². The van der Waals surface area contributed by atoms with Crippen LogP contribution in [0, 0.1) is 0 Å². The van der Waals surface area contributed by atoms with E-state index in [0.29, 0.717) is 25.4 Å². The molecule has 0 aliphatic carbocycles. The van der Waals surface area contributed by atoms with Crippen LogP contribution in [0.25, 0.3) is 0 Å². The standard InChI is InChI=1S/C13H23N3O2S2/c1-4-15-20(17,18)12-5-6-16(9-12)8-11-7-14-13(19-11)10(2)3/h7,10,12,15H,4-6,8-9H2,1-3H3. The molecule has 2 heterocycles. The highest BCUT2D eigenvalue weighted by atomic mass is 32.2. The molecule has 20 heavy (non-hydrogen) atoms. The highest BCUT2D eigenvalue weighted by Gasteiger charge is 2.32. The van der Waals surface area contributed by atoms with Gasteiger partial charge in [0.2, 0.25) is 10.0 Å². The Labute approximate surface area is 125 Å². The van der Waals surface area contributed by atoms with E-state index in [1.165, 1.54) is 4.88 Å². The highest BCUT2D eigenvalue weighted by molar-refractivity contribution is 7.90.